The van der Waals surface area contributed by atoms with E-state index in [1.165, 1.54) is 63.1 Å². The summed E-state index contributed by atoms with van der Waals surface area (Å²) in [5.74, 6) is 0.322. The van der Waals surface area contributed by atoms with Crippen LogP contribution >= 0.6 is 0 Å². The van der Waals surface area contributed by atoms with Crippen LogP contribution in [-0.2, 0) is 16.5 Å². The summed E-state index contributed by atoms with van der Waals surface area (Å²) < 4.78 is 38.6. The molecule has 5 nitrogen and oxygen atoms in total. The van der Waals surface area contributed by atoms with Crippen molar-refractivity contribution in [3.8, 4) is 17.2 Å². The van der Waals surface area contributed by atoms with Crippen molar-refractivity contribution in [1.29, 1.82) is 0 Å². The molecule has 0 heterocycles. The number of hydrogen-bond acceptors (Lipinski definition) is 4. The van der Waals surface area contributed by atoms with E-state index in [4.69, 9.17) is 4.74 Å². The first-order chi connectivity index (χ1) is 14.4. The third kappa shape index (κ3) is 10.4. The van der Waals surface area contributed by atoms with Crippen molar-refractivity contribution in [3.05, 3.63) is 48.0 Å². The average molecular weight is 457 g/mol. The number of para-hydroxylation sites is 2. The largest absolute Gasteiger partial charge is 1.00 e. The molecule has 0 amide bonds. The molecule has 7 heteroatoms. The third-order valence-electron chi connectivity index (χ3n) is 5.19. The van der Waals surface area contributed by atoms with E-state index < -0.39 is 10.1 Å². The molecule has 1 N–H and O–H groups in total. The van der Waals surface area contributed by atoms with Crippen LogP contribution in [0.15, 0.2) is 47.4 Å². The topological polar surface area (TPSA) is 86.7 Å². The zero-order valence-electron chi connectivity index (χ0n) is 18.8. The van der Waals surface area contributed by atoms with E-state index in [0.717, 1.165) is 19.3 Å². The van der Waals surface area contributed by atoms with E-state index in [0.29, 0.717) is 17.7 Å². The van der Waals surface area contributed by atoms with Crippen molar-refractivity contribution in [2.75, 3.05) is 0 Å². The van der Waals surface area contributed by atoms with Gasteiger partial charge in [-0.05, 0) is 42.7 Å². The zero-order valence-corrected chi connectivity index (χ0v) is 21.6. The Morgan fingerprint density at radius 2 is 1.45 bits per heavy atom. The Hall–Kier alpha value is -1.05. The second-order valence-corrected chi connectivity index (χ2v) is 9.12. The second-order valence-electron chi connectivity index (χ2n) is 7.73. The molecule has 0 saturated heterocycles. The van der Waals surface area contributed by atoms with Crippen LogP contribution in [0.25, 0.3) is 0 Å². The monoisotopic (exact) mass is 456 g/mol. The van der Waals surface area contributed by atoms with Crippen LogP contribution in [0.1, 0.15) is 76.7 Å². The molecule has 0 fully saturated rings. The summed E-state index contributed by atoms with van der Waals surface area (Å²) in [7, 11) is -4.31. The minimum Gasteiger partial charge on any atom is -0.870 e. The van der Waals surface area contributed by atoms with Crippen LogP contribution in [0.3, 0.4) is 0 Å². The van der Waals surface area contributed by atoms with E-state index in [1.807, 2.05) is 0 Å². The van der Waals surface area contributed by atoms with Crippen LogP contribution in [0.4, 0.5) is 0 Å². The SMILES string of the molecule is CCCCCCCCCCCCc1cc(Oc2ccccc2[O-])ccc1S(=O)(=O)O.[Na+]. The Morgan fingerprint density at radius 3 is 2.03 bits per heavy atom. The molecule has 0 bridgehead atoms. The Bertz CT molecular complexity index is 883. The van der Waals surface area contributed by atoms with E-state index >= 15 is 0 Å². The molecular weight excluding hydrogens is 423 g/mol. The quantitative estimate of drug-likeness (QED) is 0.268. The number of rotatable bonds is 14. The number of hydrogen-bond donors (Lipinski definition) is 1. The van der Waals surface area contributed by atoms with Gasteiger partial charge in [-0.2, -0.15) is 8.42 Å². The van der Waals surface area contributed by atoms with Crippen molar-refractivity contribution in [2.24, 2.45) is 0 Å². The summed E-state index contributed by atoms with van der Waals surface area (Å²) in [5, 5.41) is 11.8. The summed E-state index contributed by atoms with van der Waals surface area (Å²) >= 11 is 0. The van der Waals surface area contributed by atoms with Crippen LogP contribution in [0, 0.1) is 0 Å². The first kappa shape index (κ1) is 28.0. The van der Waals surface area contributed by atoms with Crippen LogP contribution < -0.4 is 39.4 Å². The summed E-state index contributed by atoms with van der Waals surface area (Å²) in [5.41, 5.74) is 0.512. The fourth-order valence-corrected chi connectivity index (χ4v) is 4.26. The van der Waals surface area contributed by atoms with Gasteiger partial charge in [-0.15, -0.1) is 0 Å². The van der Waals surface area contributed by atoms with Crippen molar-refractivity contribution < 1.29 is 52.4 Å². The van der Waals surface area contributed by atoms with E-state index in [-0.39, 0.29) is 46.0 Å². The summed E-state index contributed by atoms with van der Waals surface area (Å²) in [6.45, 7) is 2.22. The van der Waals surface area contributed by atoms with E-state index in [9.17, 15) is 18.1 Å². The van der Waals surface area contributed by atoms with Crippen molar-refractivity contribution >= 4 is 10.1 Å². The minimum absolute atomic E-state index is 0. The first-order valence-electron chi connectivity index (χ1n) is 11.0. The van der Waals surface area contributed by atoms with Gasteiger partial charge < -0.3 is 9.84 Å². The molecule has 0 spiro atoms. The fraction of sp³-hybridized carbons (Fsp3) is 0.500. The molecule has 0 aliphatic heterocycles. The molecule has 2 rings (SSSR count). The maximum Gasteiger partial charge on any atom is 1.00 e. The van der Waals surface area contributed by atoms with Gasteiger partial charge in [0.15, 0.2) is 0 Å². The number of unbranched alkanes of at least 4 members (excludes halogenated alkanes) is 9. The van der Waals surface area contributed by atoms with E-state index in [2.05, 4.69) is 6.92 Å². The smallest absolute Gasteiger partial charge is 0.870 e. The van der Waals surface area contributed by atoms with Crippen molar-refractivity contribution in [1.82, 2.24) is 0 Å². The second kappa shape index (κ2) is 14.9. The molecule has 0 aromatic heterocycles. The molecule has 166 valence electrons. The standard InChI is InChI=1S/C24H34O5S.Na/c1-2-3-4-5-6-7-8-9-10-11-14-20-19-21(17-18-24(20)30(26,27)28)29-23-16-13-12-15-22(23)25;/h12-13,15-19,25H,2-11,14H2,1H3,(H,26,27,28);/q;+1/p-1. The molecule has 0 aliphatic carbocycles. The summed E-state index contributed by atoms with van der Waals surface area (Å²) in [6.07, 6.45) is 12.4. The predicted molar refractivity (Wildman–Crippen MR) is 118 cm³/mol. The van der Waals surface area contributed by atoms with Crippen LogP contribution in [0.5, 0.6) is 17.2 Å². The number of aryl methyl sites for hydroxylation is 1. The maximum absolute atomic E-state index is 11.8. The van der Waals surface area contributed by atoms with Gasteiger partial charge in [0.25, 0.3) is 10.1 Å². The Kier molecular flexibility index (Phi) is 13.5. The molecule has 2 aromatic rings. The van der Waals surface area contributed by atoms with Crippen LogP contribution in [0.2, 0.25) is 0 Å². The summed E-state index contributed by atoms with van der Waals surface area (Å²) in [4.78, 5) is -0.0961. The first-order valence-corrected chi connectivity index (χ1v) is 12.4. The predicted octanol–water partition coefficient (Wildman–Crippen LogP) is 3.27. The molecule has 2 aromatic carbocycles. The third-order valence-corrected chi connectivity index (χ3v) is 6.14. The van der Waals surface area contributed by atoms with Crippen LogP contribution in [-0.4, -0.2) is 13.0 Å². The Balaban J connectivity index is 0.00000480. The molecule has 0 atom stereocenters. The average Bonchev–Trinajstić information content (AvgIpc) is 2.70. The molecular formula is C24H33NaO5S. The van der Waals surface area contributed by atoms with Crippen molar-refractivity contribution in [2.45, 2.75) is 82.4 Å². The maximum atomic E-state index is 11.8. The zero-order chi connectivity index (χ0) is 21.8. The number of benzene rings is 2. The van der Waals surface area contributed by atoms with Gasteiger partial charge in [0, 0.05) is 0 Å². The van der Waals surface area contributed by atoms with Gasteiger partial charge in [-0.1, -0.05) is 88.7 Å². The minimum atomic E-state index is -4.31. The van der Waals surface area contributed by atoms with Gasteiger partial charge in [0.1, 0.15) is 11.5 Å². The van der Waals surface area contributed by atoms with E-state index in [1.54, 1.807) is 24.3 Å². The molecule has 0 unspecified atom stereocenters. The normalized spacial score (nSPS) is 11.2. The molecule has 0 saturated carbocycles. The molecule has 0 aliphatic rings. The van der Waals surface area contributed by atoms with Crippen molar-refractivity contribution in [3.63, 3.8) is 0 Å². The summed E-state index contributed by atoms with van der Waals surface area (Å²) in [6, 6.07) is 10.7. The van der Waals surface area contributed by atoms with Gasteiger partial charge >= 0.3 is 29.6 Å². The van der Waals surface area contributed by atoms with Gasteiger partial charge in [-0.25, -0.2) is 0 Å². The fourth-order valence-electron chi connectivity index (χ4n) is 3.53. The van der Waals surface area contributed by atoms with Gasteiger partial charge in [-0.3, -0.25) is 4.55 Å². The Labute approximate surface area is 209 Å². The van der Waals surface area contributed by atoms with Gasteiger partial charge in [0.05, 0.1) is 4.90 Å². The molecule has 0 radical (unpaired) electrons. The van der Waals surface area contributed by atoms with Gasteiger partial charge in [0.2, 0.25) is 0 Å². The Morgan fingerprint density at radius 1 is 0.871 bits per heavy atom. The number of ether oxygens (including phenoxy) is 1. The molecule has 31 heavy (non-hydrogen) atoms.